The predicted molar refractivity (Wildman–Crippen MR) is 84.5 cm³/mol. The number of anilines is 1. The van der Waals surface area contributed by atoms with E-state index in [1.165, 1.54) is 24.3 Å². The van der Waals surface area contributed by atoms with Gasteiger partial charge in [-0.05, 0) is 42.5 Å². The molecule has 0 aliphatic carbocycles. The molecule has 0 radical (unpaired) electrons. The number of nitrogens with zero attached hydrogens (tertiary/aromatic N) is 1. The predicted octanol–water partition coefficient (Wildman–Crippen LogP) is 2.04. The van der Waals surface area contributed by atoms with Crippen LogP contribution in [-0.4, -0.2) is 19.3 Å². The number of sulfonamides is 1. The molecule has 0 saturated heterocycles. The molecule has 0 bridgehead atoms. The van der Waals surface area contributed by atoms with Crippen LogP contribution in [0.1, 0.15) is 16.2 Å². The van der Waals surface area contributed by atoms with Crippen molar-refractivity contribution in [3.8, 4) is 0 Å². The zero-order chi connectivity index (χ0) is 16.6. The molecule has 0 fully saturated rings. The second-order valence-electron chi connectivity index (χ2n) is 4.94. The van der Waals surface area contributed by atoms with E-state index in [9.17, 15) is 13.2 Å². The summed E-state index contributed by atoms with van der Waals surface area (Å²) >= 11 is 0. The van der Waals surface area contributed by atoms with E-state index in [0.29, 0.717) is 28.2 Å². The standard InChI is InChI=1S/C15H13N3O4S/c1-9-17-13-8-11(4-7-14(13)22-9)18-15(19)10-2-5-12(6-3-10)23(16,20)21/h2-8H,1H3,(H,18,19)(H2,16,20,21). The summed E-state index contributed by atoms with van der Waals surface area (Å²) in [5.74, 6) is 0.174. The Bertz CT molecular complexity index is 991. The number of carbonyl (C=O) groups is 1. The van der Waals surface area contributed by atoms with Gasteiger partial charge in [-0.2, -0.15) is 0 Å². The number of benzene rings is 2. The Balaban J connectivity index is 1.82. The first-order chi connectivity index (χ1) is 10.8. The molecule has 7 nitrogen and oxygen atoms in total. The first kappa shape index (κ1) is 15.2. The normalized spacial score (nSPS) is 11.6. The first-order valence-corrected chi connectivity index (χ1v) is 8.19. The van der Waals surface area contributed by atoms with Gasteiger partial charge in [0.2, 0.25) is 10.0 Å². The minimum Gasteiger partial charge on any atom is -0.441 e. The molecule has 1 aromatic heterocycles. The highest BCUT2D eigenvalue weighted by Crippen LogP contribution is 2.20. The number of aryl methyl sites for hydroxylation is 1. The molecule has 1 heterocycles. The Hall–Kier alpha value is -2.71. The van der Waals surface area contributed by atoms with E-state index < -0.39 is 10.0 Å². The van der Waals surface area contributed by atoms with E-state index in [1.807, 2.05) is 0 Å². The number of hydrogen-bond acceptors (Lipinski definition) is 5. The van der Waals surface area contributed by atoms with Crippen molar-refractivity contribution in [2.24, 2.45) is 5.14 Å². The second kappa shape index (κ2) is 5.49. The van der Waals surface area contributed by atoms with E-state index in [-0.39, 0.29) is 10.8 Å². The summed E-state index contributed by atoms with van der Waals surface area (Å²) in [6, 6.07) is 10.5. The summed E-state index contributed by atoms with van der Waals surface area (Å²) < 4.78 is 27.8. The van der Waals surface area contributed by atoms with Crippen molar-refractivity contribution in [3.63, 3.8) is 0 Å². The molecule has 2 aromatic carbocycles. The summed E-state index contributed by atoms with van der Waals surface area (Å²) in [6.45, 7) is 1.74. The summed E-state index contributed by atoms with van der Waals surface area (Å²) in [5, 5.41) is 7.73. The van der Waals surface area contributed by atoms with Crippen molar-refractivity contribution < 1.29 is 17.6 Å². The maximum absolute atomic E-state index is 12.2. The molecule has 0 unspecified atom stereocenters. The van der Waals surface area contributed by atoms with Gasteiger partial charge in [-0.3, -0.25) is 4.79 Å². The fraction of sp³-hybridized carbons (Fsp3) is 0.0667. The van der Waals surface area contributed by atoms with Crippen molar-refractivity contribution in [2.45, 2.75) is 11.8 Å². The Labute approximate surface area is 132 Å². The Morgan fingerprint density at radius 2 is 1.87 bits per heavy atom. The van der Waals surface area contributed by atoms with E-state index in [2.05, 4.69) is 10.3 Å². The quantitative estimate of drug-likeness (QED) is 0.762. The SMILES string of the molecule is Cc1nc2cc(NC(=O)c3ccc(S(N)(=O)=O)cc3)ccc2o1. The van der Waals surface area contributed by atoms with Crippen LogP contribution in [0.3, 0.4) is 0 Å². The lowest BCUT2D eigenvalue weighted by Crippen LogP contribution is -2.14. The number of oxazole rings is 1. The van der Waals surface area contributed by atoms with Crippen LogP contribution >= 0.6 is 0 Å². The van der Waals surface area contributed by atoms with Gasteiger partial charge in [-0.15, -0.1) is 0 Å². The number of nitrogens with two attached hydrogens (primary N) is 1. The largest absolute Gasteiger partial charge is 0.441 e. The molecule has 0 aliphatic rings. The minimum atomic E-state index is -3.78. The molecule has 3 aromatic rings. The van der Waals surface area contributed by atoms with Gasteiger partial charge in [0.15, 0.2) is 11.5 Å². The van der Waals surface area contributed by atoms with Crippen LogP contribution in [0, 0.1) is 6.92 Å². The fourth-order valence-corrected chi connectivity index (χ4v) is 2.64. The van der Waals surface area contributed by atoms with Crippen molar-refractivity contribution in [3.05, 3.63) is 53.9 Å². The Kier molecular flexibility index (Phi) is 3.63. The highest BCUT2D eigenvalue weighted by molar-refractivity contribution is 7.89. The Morgan fingerprint density at radius 3 is 2.52 bits per heavy atom. The van der Waals surface area contributed by atoms with Gasteiger partial charge in [-0.1, -0.05) is 0 Å². The molecule has 0 atom stereocenters. The lowest BCUT2D eigenvalue weighted by atomic mass is 10.2. The van der Waals surface area contributed by atoms with Crippen LogP contribution in [-0.2, 0) is 10.0 Å². The van der Waals surface area contributed by atoms with Crippen LogP contribution in [0.4, 0.5) is 5.69 Å². The lowest BCUT2D eigenvalue weighted by molar-refractivity contribution is 0.102. The van der Waals surface area contributed by atoms with Crippen LogP contribution in [0.2, 0.25) is 0 Å². The fourth-order valence-electron chi connectivity index (χ4n) is 2.12. The summed E-state index contributed by atoms with van der Waals surface area (Å²) in [7, 11) is -3.78. The number of nitrogens with one attached hydrogen (secondary N) is 1. The van der Waals surface area contributed by atoms with Gasteiger partial charge in [0.1, 0.15) is 5.52 Å². The molecule has 3 rings (SSSR count). The summed E-state index contributed by atoms with van der Waals surface area (Å²) in [6.07, 6.45) is 0. The number of fused-ring (bicyclic) bond motifs is 1. The van der Waals surface area contributed by atoms with Crippen LogP contribution < -0.4 is 10.5 Å². The average Bonchev–Trinajstić information content (AvgIpc) is 2.86. The molecule has 0 saturated carbocycles. The minimum absolute atomic E-state index is 0.0476. The molecular weight excluding hydrogens is 318 g/mol. The maximum atomic E-state index is 12.2. The smallest absolute Gasteiger partial charge is 0.255 e. The number of rotatable bonds is 3. The Morgan fingerprint density at radius 1 is 1.17 bits per heavy atom. The highest BCUT2D eigenvalue weighted by atomic mass is 32.2. The van der Waals surface area contributed by atoms with Crippen LogP contribution in [0.25, 0.3) is 11.1 Å². The third kappa shape index (κ3) is 3.22. The van der Waals surface area contributed by atoms with Crippen molar-refractivity contribution >= 4 is 32.7 Å². The number of hydrogen-bond donors (Lipinski definition) is 2. The van der Waals surface area contributed by atoms with Crippen LogP contribution in [0.15, 0.2) is 51.8 Å². The van der Waals surface area contributed by atoms with Gasteiger partial charge in [-0.25, -0.2) is 18.5 Å². The first-order valence-electron chi connectivity index (χ1n) is 6.64. The topological polar surface area (TPSA) is 115 Å². The zero-order valence-electron chi connectivity index (χ0n) is 12.1. The lowest BCUT2D eigenvalue weighted by Gasteiger charge is -2.05. The molecule has 23 heavy (non-hydrogen) atoms. The molecule has 0 aliphatic heterocycles. The summed E-state index contributed by atoms with van der Waals surface area (Å²) in [5.41, 5.74) is 2.16. The van der Waals surface area contributed by atoms with E-state index in [4.69, 9.17) is 9.56 Å². The molecule has 118 valence electrons. The number of aromatic nitrogens is 1. The van der Waals surface area contributed by atoms with Crippen molar-refractivity contribution in [1.82, 2.24) is 4.98 Å². The number of primary sulfonamides is 1. The molecule has 1 amide bonds. The van der Waals surface area contributed by atoms with Gasteiger partial charge in [0.25, 0.3) is 5.91 Å². The zero-order valence-corrected chi connectivity index (χ0v) is 12.9. The monoisotopic (exact) mass is 331 g/mol. The maximum Gasteiger partial charge on any atom is 0.255 e. The van der Waals surface area contributed by atoms with Gasteiger partial charge in [0.05, 0.1) is 4.90 Å². The highest BCUT2D eigenvalue weighted by Gasteiger charge is 2.11. The van der Waals surface area contributed by atoms with Gasteiger partial charge < -0.3 is 9.73 Å². The molecule has 8 heteroatoms. The average molecular weight is 331 g/mol. The van der Waals surface area contributed by atoms with Gasteiger partial charge >= 0.3 is 0 Å². The molecule has 0 spiro atoms. The number of carbonyl (C=O) groups excluding carboxylic acids is 1. The number of amides is 1. The van der Waals surface area contributed by atoms with Gasteiger partial charge in [0, 0.05) is 18.2 Å². The third-order valence-corrected chi connectivity index (χ3v) is 4.13. The van der Waals surface area contributed by atoms with Crippen molar-refractivity contribution in [2.75, 3.05) is 5.32 Å². The summed E-state index contributed by atoms with van der Waals surface area (Å²) in [4.78, 5) is 16.3. The van der Waals surface area contributed by atoms with Crippen LogP contribution in [0.5, 0.6) is 0 Å². The third-order valence-electron chi connectivity index (χ3n) is 3.20. The van der Waals surface area contributed by atoms with E-state index >= 15 is 0 Å². The molecular formula is C15H13N3O4S. The van der Waals surface area contributed by atoms with E-state index in [0.717, 1.165) is 0 Å². The van der Waals surface area contributed by atoms with Crippen molar-refractivity contribution in [1.29, 1.82) is 0 Å². The second-order valence-corrected chi connectivity index (χ2v) is 6.50. The molecule has 3 N–H and O–H groups in total. The van der Waals surface area contributed by atoms with E-state index in [1.54, 1.807) is 25.1 Å².